The van der Waals surface area contributed by atoms with Gasteiger partial charge in [-0.1, -0.05) is 25.5 Å². The van der Waals surface area contributed by atoms with Crippen LogP contribution in [0.2, 0.25) is 0 Å². The molecule has 0 fully saturated rings. The van der Waals surface area contributed by atoms with Crippen molar-refractivity contribution in [2.24, 2.45) is 0 Å². The van der Waals surface area contributed by atoms with E-state index in [2.05, 4.69) is 26.0 Å². The van der Waals surface area contributed by atoms with Crippen molar-refractivity contribution >= 4 is 28.2 Å². The molecule has 5 rings (SSSR count). The lowest BCUT2D eigenvalue weighted by Gasteiger charge is -2.34. The van der Waals surface area contributed by atoms with Gasteiger partial charge in [0.1, 0.15) is 6.61 Å². The highest BCUT2D eigenvalue weighted by atomic mass is 32.1. The van der Waals surface area contributed by atoms with E-state index < -0.39 is 5.60 Å². The van der Waals surface area contributed by atoms with Crippen LogP contribution in [0.5, 0.6) is 0 Å². The molecule has 0 bridgehead atoms. The van der Waals surface area contributed by atoms with Crippen LogP contribution in [0.1, 0.15) is 48.1 Å². The fourth-order valence-corrected chi connectivity index (χ4v) is 4.99. The van der Waals surface area contributed by atoms with Gasteiger partial charge in [0.2, 0.25) is 0 Å². The largest absolute Gasteiger partial charge is 0.479 e. The summed E-state index contributed by atoms with van der Waals surface area (Å²) in [7, 11) is 0. The summed E-state index contributed by atoms with van der Waals surface area (Å²) < 4.78 is 7.26. The number of aromatic nitrogens is 2. The molecule has 2 aliphatic rings. The molecule has 1 aromatic carbocycles. The van der Waals surface area contributed by atoms with Gasteiger partial charge in [-0.05, 0) is 55.7 Å². The number of hydrogen-bond donors (Lipinski definition) is 1. The van der Waals surface area contributed by atoms with Gasteiger partial charge in [-0.15, -0.1) is 0 Å². The number of ether oxygens (including phenoxy) is 1. The van der Waals surface area contributed by atoms with Gasteiger partial charge in [-0.25, -0.2) is 4.98 Å². The number of thiocarbonyl (C=S) groups is 1. The van der Waals surface area contributed by atoms with Gasteiger partial charge < -0.3 is 14.4 Å². The highest BCUT2D eigenvalue weighted by molar-refractivity contribution is 7.80. The summed E-state index contributed by atoms with van der Waals surface area (Å²) in [6.07, 6.45) is 1.21. The predicted molar refractivity (Wildman–Crippen MR) is 116 cm³/mol. The average molecular weight is 407 g/mol. The number of pyridine rings is 2. The van der Waals surface area contributed by atoms with Crippen LogP contribution >= 0.6 is 12.2 Å². The Morgan fingerprint density at radius 2 is 2.07 bits per heavy atom. The molecule has 3 aromatic rings. The fraction of sp³-hybridized carbons (Fsp3) is 0.348. The highest BCUT2D eigenvalue weighted by Crippen LogP contribution is 2.40. The maximum absolute atomic E-state index is 13.3. The second-order valence-electron chi connectivity index (χ2n) is 7.89. The summed E-state index contributed by atoms with van der Waals surface area (Å²) in [5, 5.41) is 12.4. The standard InChI is InChI=1S/C23H22N2O3S/c1-4-13-14-8-12(3)6-7-18(14)24-20-15(13)10-25-19(20)9-17-16(21(25)26)11-28-22(29)23(17,27)5-2/h6-9,27H,4-5,10-11H2,1-3H3/t23-/m0/s1. The number of aryl methyl sites for hydroxylation is 2. The molecule has 1 atom stereocenters. The molecule has 0 amide bonds. The molecule has 0 saturated carbocycles. The normalized spacial score (nSPS) is 19.7. The summed E-state index contributed by atoms with van der Waals surface area (Å²) in [5.74, 6) is 0. The zero-order valence-electron chi connectivity index (χ0n) is 16.7. The molecule has 1 N–H and O–H groups in total. The van der Waals surface area contributed by atoms with E-state index in [1.54, 1.807) is 4.57 Å². The second kappa shape index (κ2) is 6.21. The smallest absolute Gasteiger partial charge is 0.258 e. The van der Waals surface area contributed by atoms with Crippen molar-refractivity contribution < 1.29 is 9.84 Å². The molecule has 5 nitrogen and oxygen atoms in total. The Kier molecular flexibility index (Phi) is 3.95. The van der Waals surface area contributed by atoms with E-state index in [1.165, 1.54) is 11.1 Å². The lowest BCUT2D eigenvalue weighted by atomic mass is 9.86. The number of nitrogens with zero attached hydrogens (tertiary/aromatic N) is 2. The summed E-state index contributed by atoms with van der Waals surface area (Å²) in [4.78, 5) is 18.3. The Bertz CT molecular complexity index is 1280. The molecule has 0 unspecified atom stereocenters. The molecule has 0 aliphatic carbocycles. The number of fused-ring (bicyclic) bond motifs is 5. The molecule has 4 heterocycles. The molecule has 6 heteroatoms. The Morgan fingerprint density at radius 1 is 1.28 bits per heavy atom. The van der Waals surface area contributed by atoms with Crippen molar-refractivity contribution in [2.45, 2.75) is 52.4 Å². The van der Waals surface area contributed by atoms with Gasteiger partial charge in [0.15, 0.2) is 10.7 Å². The molecule has 2 aliphatic heterocycles. The van der Waals surface area contributed by atoms with Crippen LogP contribution in [0.15, 0.2) is 29.1 Å². The van der Waals surface area contributed by atoms with Crippen molar-refractivity contribution in [1.82, 2.24) is 9.55 Å². The molecule has 2 aromatic heterocycles. The molecule has 0 saturated heterocycles. The SMILES string of the molecule is CCc1c2c(nc3ccc(C)cc13)-c1cc3c(c(=O)n1C2)COC(=S)[C@]3(O)CC. The number of hydrogen-bond acceptors (Lipinski definition) is 5. The number of benzene rings is 1. The Labute approximate surface area is 174 Å². The zero-order chi connectivity index (χ0) is 20.5. The molecule has 29 heavy (non-hydrogen) atoms. The van der Waals surface area contributed by atoms with Crippen molar-refractivity contribution in [1.29, 1.82) is 0 Å². The van der Waals surface area contributed by atoms with E-state index in [9.17, 15) is 9.90 Å². The topological polar surface area (TPSA) is 64.4 Å². The Balaban J connectivity index is 1.84. The van der Waals surface area contributed by atoms with Crippen molar-refractivity contribution in [3.8, 4) is 11.4 Å². The molecule has 148 valence electrons. The lowest BCUT2D eigenvalue weighted by molar-refractivity contribution is 0.0604. The van der Waals surface area contributed by atoms with Crippen LogP contribution in [-0.2, 0) is 29.9 Å². The summed E-state index contributed by atoms with van der Waals surface area (Å²) in [6, 6.07) is 8.16. The van der Waals surface area contributed by atoms with Crippen LogP contribution in [0, 0.1) is 6.92 Å². The lowest BCUT2D eigenvalue weighted by Crippen LogP contribution is -2.43. The van der Waals surface area contributed by atoms with Crippen molar-refractivity contribution in [3.05, 3.63) is 62.4 Å². The number of rotatable bonds is 2. The zero-order valence-corrected chi connectivity index (χ0v) is 17.5. The fourth-order valence-electron chi connectivity index (χ4n) is 4.68. The Morgan fingerprint density at radius 3 is 2.79 bits per heavy atom. The van der Waals surface area contributed by atoms with Gasteiger partial charge in [-0.3, -0.25) is 4.79 Å². The second-order valence-corrected chi connectivity index (χ2v) is 8.27. The molecule has 0 radical (unpaired) electrons. The summed E-state index contributed by atoms with van der Waals surface area (Å²) in [6.45, 7) is 6.64. The van der Waals surface area contributed by atoms with E-state index in [0.29, 0.717) is 24.1 Å². The first kappa shape index (κ1) is 18.5. The van der Waals surface area contributed by atoms with Crippen LogP contribution < -0.4 is 5.56 Å². The third-order valence-corrected chi connectivity index (χ3v) is 6.77. The van der Waals surface area contributed by atoms with Crippen LogP contribution in [0.25, 0.3) is 22.3 Å². The maximum Gasteiger partial charge on any atom is 0.258 e. The first-order chi connectivity index (χ1) is 13.9. The minimum absolute atomic E-state index is 0.0984. The van der Waals surface area contributed by atoms with E-state index >= 15 is 0 Å². The van der Waals surface area contributed by atoms with E-state index in [4.69, 9.17) is 21.9 Å². The maximum atomic E-state index is 13.3. The minimum atomic E-state index is -1.43. The summed E-state index contributed by atoms with van der Waals surface area (Å²) in [5.41, 5.74) is 5.49. The van der Waals surface area contributed by atoms with E-state index in [0.717, 1.165) is 34.3 Å². The predicted octanol–water partition coefficient (Wildman–Crippen LogP) is 3.75. The van der Waals surface area contributed by atoms with Gasteiger partial charge >= 0.3 is 0 Å². The monoisotopic (exact) mass is 406 g/mol. The molecular formula is C23H22N2O3S. The van der Waals surface area contributed by atoms with Crippen molar-refractivity contribution in [2.75, 3.05) is 0 Å². The highest BCUT2D eigenvalue weighted by Gasteiger charge is 2.42. The van der Waals surface area contributed by atoms with Crippen LogP contribution in [-0.4, -0.2) is 19.7 Å². The first-order valence-electron chi connectivity index (χ1n) is 9.98. The van der Waals surface area contributed by atoms with Crippen molar-refractivity contribution in [3.63, 3.8) is 0 Å². The third kappa shape index (κ3) is 2.39. The van der Waals surface area contributed by atoms with E-state index in [1.807, 2.05) is 19.1 Å². The van der Waals surface area contributed by atoms with Gasteiger partial charge in [0.05, 0.1) is 29.0 Å². The molecule has 0 spiro atoms. The average Bonchev–Trinajstić information content (AvgIpc) is 3.08. The van der Waals surface area contributed by atoms with Crippen LogP contribution in [0.4, 0.5) is 0 Å². The minimum Gasteiger partial charge on any atom is -0.479 e. The van der Waals surface area contributed by atoms with Gasteiger partial charge in [0, 0.05) is 16.5 Å². The number of aliphatic hydroxyl groups is 1. The summed E-state index contributed by atoms with van der Waals surface area (Å²) >= 11 is 5.28. The quantitative estimate of drug-likeness (QED) is 0.514. The Hall–Kier alpha value is -2.57. The van der Waals surface area contributed by atoms with Gasteiger partial charge in [0.25, 0.3) is 5.56 Å². The van der Waals surface area contributed by atoms with E-state index in [-0.39, 0.29) is 17.2 Å². The first-order valence-corrected chi connectivity index (χ1v) is 10.4. The van der Waals surface area contributed by atoms with Gasteiger partial charge in [-0.2, -0.15) is 0 Å². The van der Waals surface area contributed by atoms with Crippen LogP contribution in [0.3, 0.4) is 0 Å². The molecular weight excluding hydrogens is 384 g/mol. The third-order valence-electron chi connectivity index (χ3n) is 6.31.